The highest BCUT2D eigenvalue weighted by Crippen LogP contribution is 2.24. The first-order chi connectivity index (χ1) is 14.1. The molecule has 0 aliphatic carbocycles. The van der Waals surface area contributed by atoms with Gasteiger partial charge in [-0.15, -0.1) is 0 Å². The van der Waals surface area contributed by atoms with Gasteiger partial charge < -0.3 is 4.90 Å². The summed E-state index contributed by atoms with van der Waals surface area (Å²) in [5.41, 5.74) is 3.32. The number of amides is 1. The molecule has 6 nitrogen and oxygen atoms in total. The molecule has 1 saturated heterocycles. The molecule has 0 N–H and O–H groups in total. The zero-order valence-electron chi connectivity index (χ0n) is 15.7. The van der Waals surface area contributed by atoms with Gasteiger partial charge in [-0.3, -0.25) is 4.79 Å². The van der Waals surface area contributed by atoms with E-state index >= 15 is 0 Å². The number of hydrogen-bond donors (Lipinski definition) is 0. The molecule has 29 heavy (non-hydrogen) atoms. The van der Waals surface area contributed by atoms with Gasteiger partial charge in [-0.25, -0.2) is 4.68 Å². The van der Waals surface area contributed by atoms with Gasteiger partial charge in [0.05, 0.1) is 11.9 Å². The first-order valence-corrected chi connectivity index (χ1v) is 9.92. The monoisotopic (exact) mass is 423 g/mol. The summed E-state index contributed by atoms with van der Waals surface area (Å²) in [5.74, 6) is -0.142. The third kappa shape index (κ3) is 3.92. The van der Waals surface area contributed by atoms with Crippen molar-refractivity contribution in [3.05, 3.63) is 71.4 Å². The lowest BCUT2D eigenvalue weighted by Gasteiger charge is -2.14. The number of aromatic nitrogens is 2. The molecule has 0 spiro atoms. The number of hydrazone groups is 1. The van der Waals surface area contributed by atoms with E-state index in [1.54, 1.807) is 10.9 Å². The lowest BCUT2D eigenvalue weighted by molar-refractivity contribution is -0.125. The maximum atomic E-state index is 12.2. The van der Waals surface area contributed by atoms with E-state index in [-0.39, 0.29) is 12.5 Å². The Labute approximate surface area is 179 Å². The minimum absolute atomic E-state index is 0.142. The van der Waals surface area contributed by atoms with E-state index < -0.39 is 0 Å². The number of halogens is 1. The maximum absolute atomic E-state index is 12.2. The summed E-state index contributed by atoms with van der Waals surface area (Å²) in [5, 5.41) is 11.4. The number of hydrogen-bond acceptors (Lipinski definition) is 4. The molecule has 4 rings (SSSR count). The van der Waals surface area contributed by atoms with E-state index in [9.17, 15) is 4.79 Å². The largest absolute Gasteiger partial charge is 0.338 e. The minimum Gasteiger partial charge on any atom is -0.338 e. The van der Waals surface area contributed by atoms with Crippen LogP contribution < -0.4 is 0 Å². The van der Waals surface area contributed by atoms with Gasteiger partial charge in [0.25, 0.3) is 5.91 Å². The summed E-state index contributed by atoms with van der Waals surface area (Å²) in [4.78, 5) is 14.0. The Kier molecular flexibility index (Phi) is 5.42. The van der Waals surface area contributed by atoms with Gasteiger partial charge in [0, 0.05) is 28.9 Å². The summed E-state index contributed by atoms with van der Waals surface area (Å²) in [6.07, 6.45) is 3.50. The molecule has 1 aliphatic heterocycles. The van der Waals surface area contributed by atoms with Crippen molar-refractivity contribution < 1.29 is 4.79 Å². The highest BCUT2D eigenvalue weighted by Gasteiger charge is 2.31. The van der Waals surface area contributed by atoms with E-state index in [4.69, 9.17) is 28.9 Å². The standard InChI is InChI=1S/C21H18ClN5OS/c1-2-25-14-19(28)27(21(25)29)23-12-16-13-26(18-6-4-3-5-7-18)24-20(16)15-8-10-17(22)11-9-15/h3-13H,2,14H2,1H3/b23-12-. The normalized spacial score (nSPS) is 14.4. The van der Waals surface area contributed by atoms with Crippen molar-refractivity contribution in [2.75, 3.05) is 13.1 Å². The molecule has 0 atom stereocenters. The quantitative estimate of drug-likeness (QED) is 0.460. The van der Waals surface area contributed by atoms with Crippen molar-refractivity contribution in [1.82, 2.24) is 19.7 Å². The van der Waals surface area contributed by atoms with Crippen LogP contribution in [0.5, 0.6) is 0 Å². The molecule has 146 valence electrons. The number of likely N-dealkylation sites (N-methyl/N-ethyl adjacent to an activating group) is 1. The predicted octanol–water partition coefficient (Wildman–Crippen LogP) is 3.98. The average Bonchev–Trinajstić information content (AvgIpc) is 3.28. The van der Waals surface area contributed by atoms with Crippen LogP contribution >= 0.6 is 23.8 Å². The van der Waals surface area contributed by atoms with Crippen LogP contribution in [0.25, 0.3) is 16.9 Å². The average molecular weight is 424 g/mol. The van der Waals surface area contributed by atoms with Gasteiger partial charge in [-0.1, -0.05) is 41.9 Å². The molecule has 0 saturated carbocycles. The Morgan fingerprint density at radius 3 is 2.55 bits per heavy atom. The topological polar surface area (TPSA) is 53.7 Å². The van der Waals surface area contributed by atoms with Gasteiger partial charge in [0.1, 0.15) is 12.2 Å². The van der Waals surface area contributed by atoms with Gasteiger partial charge in [0.2, 0.25) is 0 Å². The van der Waals surface area contributed by atoms with E-state index in [2.05, 4.69) is 5.10 Å². The fourth-order valence-electron chi connectivity index (χ4n) is 3.05. The Bertz CT molecular complexity index is 1080. The number of nitrogens with zero attached hydrogens (tertiary/aromatic N) is 5. The van der Waals surface area contributed by atoms with Crippen molar-refractivity contribution in [2.24, 2.45) is 5.10 Å². The van der Waals surface area contributed by atoms with Crippen LogP contribution in [0.1, 0.15) is 12.5 Å². The molecule has 0 unspecified atom stereocenters. The number of thiocarbonyl (C=S) groups is 1. The third-order valence-corrected chi connectivity index (χ3v) is 5.27. The second-order valence-electron chi connectivity index (χ2n) is 6.47. The van der Waals surface area contributed by atoms with Gasteiger partial charge in [-0.05, 0) is 43.4 Å². The van der Waals surface area contributed by atoms with E-state index in [1.165, 1.54) is 5.01 Å². The summed E-state index contributed by atoms with van der Waals surface area (Å²) >= 11 is 11.4. The predicted molar refractivity (Wildman–Crippen MR) is 118 cm³/mol. The smallest absolute Gasteiger partial charge is 0.269 e. The molecule has 1 fully saturated rings. The Morgan fingerprint density at radius 1 is 1.17 bits per heavy atom. The van der Waals surface area contributed by atoms with Crippen LogP contribution in [-0.4, -0.2) is 50.0 Å². The molecule has 1 aromatic heterocycles. The Hall–Kier alpha value is -3.03. The number of para-hydroxylation sites is 1. The summed E-state index contributed by atoms with van der Waals surface area (Å²) in [6.45, 7) is 2.87. The lowest BCUT2D eigenvalue weighted by Crippen LogP contribution is -2.29. The van der Waals surface area contributed by atoms with Gasteiger partial charge in [0.15, 0.2) is 5.11 Å². The molecule has 2 aromatic carbocycles. The van der Waals surface area contributed by atoms with Crippen molar-refractivity contribution in [1.29, 1.82) is 0 Å². The summed E-state index contributed by atoms with van der Waals surface area (Å²) in [6, 6.07) is 17.2. The summed E-state index contributed by atoms with van der Waals surface area (Å²) < 4.78 is 1.79. The molecule has 1 amide bonds. The van der Waals surface area contributed by atoms with E-state index in [1.807, 2.05) is 72.6 Å². The van der Waals surface area contributed by atoms with E-state index in [0.717, 1.165) is 22.5 Å². The van der Waals surface area contributed by atoms with Crippen molar-refractivity contribution in [3.63, 3.8) is 0 Å². The number of rotatable bonds is 5. The molecule has 0 bridgehead atoms. The zero-order chi connectivity index (χ0) is 20.4. The SMILES string of the molecule is CCN1CC(=O)N(/N=C\c2cn(-c3ccccc3)nc2-c2ccc(Cl)cc2)C1=S. The molecular formula is C21H18ClN5OS. The molecule has 0 radical (unpaired) electrons. The Morgan fingerprint density at radius 2 is 1.90 bits per heavy atom. The Balaban J connectivity index is 1.73. The van der Waals surface area contributed by atoms with E-state index in [0.29, 0.717) is 16.7 Å². The van der Waals surface area contributed by atoms with Crippen LogP contribution in [0.4, 0.5) is 0 Å². The van der Waals surface area contributed by atoms with Crippen LogP contribution in [0.3, 0.4) is 0 Å². The van der Waals surface area contributed by atoms with Crippen LogP contribution in [0, 0.1) is 0 Å². The first kappa shape index (κ1) is 19.3. The minimum atomic E-state index is -0.142. The van der Waals surface area contributed by atoms with Crippen LogP contribution in [0.15, 0.2) is 65.9 Å². The van der Waals surface area contributed by atoms with Crippen LogP contribution in [-0.2, 0) is 4.79 Å². The van der Waals surface area contributed by atoms with Gasteiger partial charge in [-0.2, -0.15) is 15.2 Å². The number of carbonyl (C=O) groups is 1. The highest BCUT2D eigenvalue weighted by atomic mass is 35.5. The molecule has 2 heterocycles. The van der Waals surface area contributed by atoms with Crippen molar-refractivity contribution in [2.45, 2.75) is 6.92 Å². The molecular weight excluding hydrogens is 406 g/mol. The van der Waals surface area contributed by atoms with Gasteiger partial charge >= 0.3 is 0 Å². The van der Waals surface area contributed by atoms with Crippen molar-refractivity contribution in [3.8, 4) is 16.9 Å². The number of carbonyl (C=O) groups excluding carboxylic acids is 1. The first-order valence-electron chi connectivity index (χ1n) is 9.13. The zero-order valence-corrected chi connectivity index (χ0v) is 17.3. The molecule has 3 aromatic rings. The highest BCUT2D eigenvalue weighted by molar-refractivity contribution is 7.80. The third-order valence-electron chi connectivity index (χ3n) is 4.59. The second kappa shape index (κ2) is 8.14. The van der Waals surface area contributed by atoms with Crippen LogP contribution in [0.2, 0.25) is 5.02 Å². The summed E-state index contributed by atoms with van der Waals surface area (Å²) in [7, 11) is 0. The maximum Gasteiger partial charge on any atom is 0.269 e. The lowest BCUT2D eigenvalue weighted by atomic mass is 10.1. The fourth-order valence-corrected chi connectivity index (χ4v) is 3.51. The van der Waals surface area contributed by atoms with Crippen molar-refractivity contribution >= 4 is 41.1 Å². The second-order valence-corrected chi connectivity index (χ2v) is 7.27. The number of benzene rings is 2. The fraction of sp³-hybridized carbons (Fsp3) is 0.143. The molecule has 1 aliphatic rings. The molecule has 8 heteroatoms.